The summed E-state index contributed by atoms with van der Waals surface area (Å²) >= 11 is 0. The smallest absolute Gasteiger partial charge is 0.341 e. The highest BCUT2D eigenvalue weighted by Crippen LogP contribution is 2.24. The lowest BCUT2D eigenvalue weighted by Gasteiger charge is -2.11. The molecule has 0 radical (unpaired) electrons. The zero-order valence-electron chi connectivity index (χ0n) is 11.0. The zero-order valence-corrected chi connectivity index (χ0v) is 11.0. The van der Waals surface area contributed by atoms with E-state index in [1.807, 2.05) is 6.07 Å². The van der Waals surface area contributed by atoms with Crippen molar-refractivity contribution in [2.45, 2.75) is 6.61 Å². The van der Waals surface area contributed by atoms with E-state index >= 15 is 0 Å². The minimum Gasteiger partial charge on any atom is -0.508 e. The van der Waals surface area contributed by atoms with Gasteiger partial charge in [-0.15, -0.1) is 0 Å². The average Bonchev–Trinajstić information content (AvgIpc) is 2.44. The van der Waals surface area contributed by atoms with Crippen molar-refractivity contribution in [1.82, 2.24) is 0 Å². The first-order valence-corrected chi connectivity index (χ1v) is 5.98. The van der Waals surface area contributed by atoms with Crippen LogP contribution in [-0.2, 0) is 11.3 Å². The van der Waals surface area contributed by atoms with Crippen LogP contribution >= 0.6 is 0 Å². The quantitative estimate of drug-likeness (QED) is 0.660. The van der Waals surface area contributed by atoms with Gasteiger partial charge >= 0.3 is 5.97 Å². The maximum atomic E-state index is 11.6. The SMILES string of the molecule is COC(=O)c1ccc(N)cc1OCc1cccc(O)c1. The monoisotopic (exact) mass is 273 g/mol. The Balaban J connectivity index is 2.20. The van der Waals surface area contributed by atoms with Crippen LogP contribution in [0.3, 0.4) is 0 Å². The van der Waals surface area contributed by atoms with E-state index in [-0.39, 0.29) is 12.4 Å². The number of anilines is 1. The molecule has 2 rings (SSSR count). The Morgan fingerprint density at radius 3 is 2.75 bits per heavy atom. The maximum absolute atomic E-state index is 11.6. The van der Waals surface area contributed by atoms with Crippen molar-refractivity contribution in [3.63, 3.8) is 0 Å². The van der Waals surface area contributed by atoms with Crippen molar-refractivity contribution in [2.24, 2.45) is 0 Å². The Morgan fingerprint density at radius 2 is 2.05 bits per heavy atom. The Morgan fingerprint density at radius 1 is 1.25 bits per heavy atom. The molecule has 2 aromatic rings. The molecule has 0 aliphatic heterocycles. The number of phenols is 1. The lowest BCUT2D eigenvalue weighted by molar-refractivity contribution is 0.0595. The molecule has 0 heterocycles. The fourth-order valence-corrected chi connectivity index (χ4v) is 1.74. The largest absolute Gasteiger partial charge is 0.508 e. The number of benzene rings is 2. The van der Waals surface area contributed by atoms with Crippen LogP contribution in [-0.4, -0.2) is 18.2 Å². The van der Waals surface area contributed by atoms with E-state index < -0.39 is 5.97 Å². The Labute approximate surface area is 116 Å². The third kappa shape index (κ3) is 3.20. The second kappa shape index (κ2) is 5.97. The lowest BCUT2D eigenvalue weighted by Crippen LogP contribution is -2.06. The number of carbonyl (C=O) groups excluding carboxylic acids is 1. The first-order chi connectivity index (χ1) is 9.60. The highest BCUT2D eigenvalue weighted by molar-refractivity contribution is 5.93. The number of nitrogen functional groups attached to an aromatic ring is 1. The van der Waals surface area contributed by atoms with Gasteiger partial charge in [0.2, 0.25) is 0 Å². The van der Waals surface area contributed by atoms with Crippen LogP contribution in [0.2, 0.25) is 0 Å². The molecular weight excluding hydrogens is 258 g/mol. The van der Waals surface area contributed by atoms with Gasteiger partial charge < -0.3 is 20.3 Å². The van der Waals surface area contributed by atoms with E-state index in [4.69, 9.17) is 10.5 Å². The summed E-state index contributed by atoms with van der Waals surface area (Å²) in [6, 6.07) is 11.4. The number of hydrogen-bond donors (Lipinski definition) is 2. The molecule has 0 saturated carbocycles. The average molecular weight is 273 g/mol. The summed E-state index contributed by atoms with van der Waals surface area (Å²) in [5, 5.41) is 9.39. The Kier molecular flexibility index (Phi) is 4.10. The molecule has 0 unspecified atom stereocenters. The number of carbonyl (C=O) groups is 1. The van der Waals surface area contributed by atoms with Gasteiger partial charge in [0, 0.05) is 11.8 Å². The molecule has 20 heavy (non-hydrogen) atoms. The number of hydrogen-bond acceptors (Lipinski definition) is 5. The molecule has 0 bridgehead atoms. The normalized spacial score (nSPS) is 10.1. The van der Waals surface area contributed by atoms with E-state index in [2.05, 4.69) is 4.74 Å². The summed E-state index contributed by atoms with van der Waals surface area (Å²) in [6.45, 7) is 0.210. The number of ether oxygens (including phenoxy) is 2. The fourth-order valence-electron chi connectivity index (χ4n) is 1.74. The van der Waals surface area contributed by atoms with Crippen molar-refractivity contribution in [2.75, 3.05) is 12.8 Å². The van der Waals surface area contributed by atoms with Crippen LogP contribution in [0.25, 0.3) is 0 Å². The highest BCUT2D eigenvalue weighted by Gasteiger charge is 2.13. The molecular formula is C15H15NO4. The van der Waals surface area contributed by atoms with Crippen LogP contribution in [0.5, 0.6) is 11.5 Å². The van der Waals surface area contributed by atoms with Crippen LogP contribution in [0.1, 0.15) is 15.9 Å². The molecule has 0 spiro atoms. The Hall–Kier alpha value is -2.69. The van der Waals surface area contributed by atoms with Crippen molar-refractivity contribution in [1.29, 1.82) is 0 Å². The molecule has 0 fully saturated rings. The fraction of sp³-hybridized carbons (Fsp3) is 0.133. The molecule has 104 valence electrons. The number of methoxy groups -OCH3 is 1. The molecule has 0 aliphatic rings. The molecule has 0 atom stereocenters. The van der Waals surface area contributed by atoms with Gasteiger partial charge in [0.15, 0.2) is 0 Å². The summed E-state index contributed by atoms with van der Waals surface area (Å²) in [7, 11) is 1.30. The number of nitrogens with two attached hydrogens (primary N) is 1. The van der Waals surface area contributed by atoms with Crippen LogP contribution in [0, 0.1) is 0 Å². The summed E-state index contributed by atoms with van der Waals surface area (Å²) < 4.78 is 10.3. The minimum absolute atomic E-state index is 0.159. The molecule has 5 nitrogen and oxygen atoms in total. The van der Waals surface area contributed by atoms with Gasteiger partial charge in [-0.1, -0.05) is 12.1 Å². The Bertz CT molecular complexity index is 625. The molecule has 0 aromatic heterocycles. The van der Waals surface area contributed by atoms with Crippen LogP contribution in [0.15, 0.2) is 42.5 Å². The summed E-state index contributed by atoms with van der Waals surface area (Å²) in [5.74, 6) is 0.0166. The highest BCUT2D eigenvalue weighted by atomic mass is 16.5. The third-order valence-electron chi connectivity index (χ3n) is 2.72. The molecule has 5 heteroatoms. The van der Waals surface area contributed by atoms with Gasteiger partial charge in [-0.3, -0.25) is 0 Å². The predicted octanol–water partition coefficient (Wildman–Crippen LogP) is 2.34. The molecule has 3 N–H and O–H groups in total. The van der Waals surface area contributed by atoms with Gasteiger partial charge in [0.05, 0.1) is 7.11 Å². The van der Waals surface area contributed by atoms with E-state index in [1.54, 1.807) is 36.4 Å². The topological polar surface area (TPSA) is 81.8 Å². The summed E-state index contributed by atoms with van der Waals surface area (Å²) in [5.41, 5.74) is 7.27. The molecule has 2 aromatic carbocycles. The molecule has 0 aliphatic carbocycles. The molecule has 0 amide bonds. The van der Waals surface area contributed by atoms with Crippen molar-refractivity contribution < 1.29 is 19.4 Å². The van der Waals surface area contributed by atoms with Crippen molar-refractivity contribution in [3.8, 4) is 11.5 Å². The number of rotatable bonds is 4. The minimum atomic E-state index is -0.490. The second-order valence-corrected chi connectivity index (χ2v) is 4.21. The van der Waals surface area contributed by atoms with E-state index in [0.29, 0.717) is 17.0 Å². The van der Waals surface area contributed by atoms with Gasteiger partial charge in [-0.25, -0.2) is 4.79 Å². The van der Waals surface area contributed by atoms with Crippen molar-refractivity contribution >= 4 is 11.7 Å². The first-order valence-electron chi connectivity index (χ1n) is 5.98. The van der Waals surface area contributed by atoms with E-state index in [1.165, 1.54) is 7.11 Å². The summed E-state index contributed by atoms with van der Waals surface area (Å²) in [6.07, 6.45) is 0. The first kappa shape index (κ1) is 13.7. The number of phenolic OH excluding ortho intramolecular Hbond substituents is 1. The molecule has 0 saturated heterocycles. The standard InChI is InChI=1S/C15H15NO4/c1-19-15(18)13-6-5-11(16)8-14(13)20-9-10-3-2-4-12(17)7-10/h2-8,17H,9,16H2,1H3. The zero-order chi connectivity index (χ0) is 14.5. The van der Waals surface area contributed by atoms with Crippen LogP contribution < -0.4 is 10.5 Å². The number of esters is 1. The van der Waals surface area contributed by atoms with Crippen LogP contribution in [0.4, 0.5) is 5.69 Å². The third-order valence-corrected chi connectivity index (χ3v) is 2.72. The van der Waals surface area contributed by atoms with Gasteiger partial charge in [-0.2, -0.15) is 0 Å². The van der Waals surface area contributed by atoms with E-state index in [9.17, 15) is 9.90 Å². The summed E-state index contributed by atoms with van der Waals surface area (Å²) in [4.78, 5) is 11.6. The van der Waals surface area contributed by atoms with Crippen molar-refractivity contribution in [3.05, 3.63) is 53.6 Å². The van der Waals surface area contributed by atoms with Gasteiger partial charge in [0.1, 0.15) is 23.7 Å². The number of aromatic hydroxyl groups is 1. The predicted molar refractivity (Wildman–Crippen MR) is 74.6 cm³/mol. The van der Waals surface area contributed by atoms with Gasteiger partial charge in [0.25, 0.3) is 0 Å². The lowest BCUT2D eigenvalue weighted by atomic mass is 10.2. The maximum Gasteiger partial charge on any atom is 0.341 e. The second-order valence-electron chi connectivity index (χ2n) is 4.21. The van der Waals surface area contributed by atoms with E-state index in [0.717, 1.165) is 5.56 Å². The van der Waals surface area contributed by atoms with Gasteiger partial charge in [-0.05, 0) is 29.8 Å².